The summed E-state index contributed by atoms with van der Waals surface area (Å²) in [5, 5.41) is 0.491. The number of nitrogens with zero attached hydrogens (tertiary/aromatic N) is 1. The molecule has 1 aliphatic rings. The van der Waals surface area contributed by atoms with E-state index in [-0.39, 0.29) is 24.4 Å². The lowest BCUT2D eigenvalue weighted by Crippen LogP contribution is -2.48. The van der Waals surface area contributed by atoms with E-state index in [2.05, 4.69) is 22.9 Å². The first-order valence-electron chi connectivity index (χ1n) is 5.99. The molecule has 0 aliphatic carbocycles. The number of amides is 1. The summed E-state index contributed by atoms with van der Waals surface area (Å²) in [5.74, 6) is 0.314. The second kappa shape index (κ2) is 6.93. The number of piperidine rings is 1. The molecule has 6 heteroatoms. The predicted octanol–water partition coefficient (Wildman–Crippen LogP) is 3.33. The zero-order chi connectivity index (χ0) is 13.3. The molecule has 0 saturated carbocycles. The molecule has 19 heavy (non-hydrogen) atoms. The normalized spacial score (nSPS) is 22.8. The first-order chi connectivity index (χ1) is 8.49. The summed E-state index contributed by atoms with van der Waals surface area (Å²) in [6.45, 7) is 3.47. The minimum absolute atomic E-state index is 0. The summed E-state index contributed by atoms with van der Waals surface area (Å²) in [6, 6.07) is 5.52. The first kappa shape index (κ1) is 16.8. The number of carbonyl (C=O) groups excluding carboxylic acids is 1. The van der Waals surface area contributed by atoms with Crippen LogP contribution < -0.4 is 5.73 Å². The maximum Gasteiger partial charge on any atom is 0.255 e. The van der Waals surface area contributed by atoms with Crippen LogP contribution in [0.25, 0.3) is 0 Å². The van der Waals surface area contributed by atoms with E-state index in [4.69, 9.17) is 17.3 Å². The van der Waals surface area contributed by atoms with Gasteiger partial charge in [0.05, 0.1) is 10.6 Å². The number of rotatable bonds is 1. The minimum atomic E-state index is -0.0138. The van der Waals surface area contributed by atoms with Gasteiger partial charge < -0.3 is 10.6 Å². The maximum atomic E-state index is 12.4. The van der Waals surface area contributed by atoms with Crippen LogP contribution in [-0.2, 0) is 0 Å². The number of benzene rings is 1. The highest BCUT2D eigenvalue weighted by Crippen LogP contribution is 2.24. The van der Waals surface area contributed by atoms with Gasteiger partial charge in [0.2, 0.25) is 0 Å². The van der Waals surface area contributed by atoms with Gasteiger partial charge in [0, 0.05) is 23.6 Å². The van der Waals surface area contributed by atoms with Gasteiger partial charge in [0.15, 0.2) is 0 Å². The first-order valence-corrected chi connectivity index (χ1v) is 7.16. The third-order valence-corrected chi connectivity index (χ3v) is 4.24. The van der Waals surface area contributed by atoms with E-state index < -0.39 is 0 Å². The van der Waals surface area contributed by atoms with E-state index in [9.17, 15) is 4.79 Å². The highest BCUT2D eigenvalue weighted by Gasteiger charge is 2.27. The van der Waals surface area contributed by atoms with Gasteiger partial charge in [-0.2, -0.15) is 0 Å². The highest BCUT2D eigenvalue weighted by atomic mass is 79.9. The molecule has 3 nitrogen and oxygen atoms in total. The van der Waals surface area contributed by atoms with Crippen LogP contribution in [0.5, 0.6) is 0 Å². The van der Waals surface area contributed by atoms with Gasteiger partial charge in [0.25, 0.3) is 5.91 Å². The fourth-order valence-electron chi connectivity index (χ4n) is 2.18. The maximum absolute atomic E-state index is 12.4. The lowest BCUT2D eigenvalue weighted by molar-refractivity contribution is 0.0664. The van der Waals surface area contributed by atoms with E-state index in [0.717, 1.165) is 10.9 Å². The molecule has 0 spiro atoms. The largest absolute Gasteiger partial charge is 0.338 e. The number of carbonyl (C=O) groups is 1. The van der Waals surface area contributed by atoms with Crippen LogP contribution in [0.3, 0.4) is 0 Å². The Morgan fingerprint density at radius 3 is 2.84 bits per heavy atom. The molecule has 1 saturated heterocycles. The lowest BCUT2D eigenvalue weighted by Gasteiger charge is -2.35. The third-order valence-electron chi connectivity index (χ3n) is 3.42. The Kier molecular flexibility index (Phi) is 6.12. The summed E-state index contributed by atoms with van der Waals surface area (Å²) in [6.07, 6.45) is 0.846. The SMILES string of the molecule is CC1CN(C(=O)c2cc(Br)ccc2Cl)CCC1N.Cl. The molecule has 1 aliphatic heterocycles. The van der Waals surface area contributed by atoms with Crippen LogP contribution in [0.1, 0.15) is 23.7 Å². The van der Waals surface area contributed by atoms with Crippen LogP contribution in [0, 0.1) is 5.92 Å². The molecule has 0 bridgehead atoms. The Labute approximate surface area is 133 Å². The van der Waals surface area contributed by atoms with Crippen molar-refractivity contribution in [2.75, 3.05) is 13.1 Å². The van der Waals surface area contributed by atoms with Crippen molar-refractivity contribution in [3.63, 3.8) is 0 Å². The lowest BCUT2D eigenvalue weighted by atomic mass is 9.94. The van der Waals surface area contributed by atoms with Crippen molar-refractivity contribution < 1.29 is 4.79 Å². The molecule has 2 unspecified atom stereocenters. The van der Waals surface area contributed by atoms with Crippen LogP contribution in [0.2, 0.25) is 5.02 Å². The number of hydrogen-bond donors (Lipinski definition) is 1. The molecule has 106 valence electrons. The summed E-state index contributed by atoms with van der Waals surface area (Å²) < 4.78 is 0.858. The summed E-state index contributed by atoms with van der Waals surface area (Å²) in [7, 11) is 0. The molecule has 1 fully saturated rings. The van der Waals surface area contributed by atoms with Crippen LogP contribution in [-0.4, -0.2) is 29.9 Å². The highest BCUT2D eigenvalue weighted by molar-refractivity contribution is 9.10. The average molecular weight is 368 g/mol. The van der Waals surface area contributed by atoms with Gasteiger partial charge in [-0.05, 0) is 30.5 Å². The van der Waals surface area contributed by atoms with Crippen molar-refractivity contribution in [2.45, 2.75) is 19.4 Å². The van der Waals surface area contributed by atoms with Gasteiger partial charge in [-0.3, -0.25) is 4.79 Å². The third kappa shape index (κ3) is 3.85. The van der Waals surface area contributed by atoms with Crippen molar-refractivity contribution in [3.05, 3.63) is 33.3 Å². The van der Waals surface area contributed by atoms with Crippen LogP contribution in [0.15, 0.2) is 22.7 Å². The summed E-state index contributed by atoms with van der Waals surface area (Å²) in [5.41, 5.74) is 6.51. The van der Waals surface area contributed by atoms with Gasteiger partial charge in [-0.25, -0.2) is 0 Å². The van der Waals surface area contributed by atoms with Crippen molar-refractivity contribution in [3.8, 4) is 0 Å². The molecule has 1 heterocycles. The van der Waals surface area contributed by atoms with E-state index >= 15 is 0 Å². The van der Waals surface area contributed by atoms with Gasteiger partial charge in [-0.1, -0.05) is 34.5 Å². The fraction of sp³-hybridized carbons (Fsp3) is 0.462. The average Bonchev–Trinajstić information content (AvgIpc) is 2.35. The van der Waals surface area contributed by atoms with Gasteiger partial charge in [-0.15, -0.1) is 12.4 Å². The van der Waals surface area contributed by atoms with E-state index in [1.807, 2.05) is 11.0 Å². The van der Waals surface area contributed by atoms with Crippen molar-refractivity contribution in [1.82, 2.24) is 4.90 Å². The number of likely N-dealkylation sites (tertiary alicyclic amines) is 1. The number of nitrogens with two attached hydrogens (primary N) is 1. The zero-order valence-electron chi connectivity index (χ0n) is 10.6. The van der Waals surface area contributed by atoms with Crippen molar-refractivity contribution in [1.29, 1.82) is 0 Å². The zero-order valence-corrected chi connectivity index (χ0v) is 13.8. The molecule has 0 radical (unpaired) electrons. The van der Waals surface area contributed by atoms with Crippen molar-refractivity contribution in [2.24, 2.45) is 11.7 Å². The standard InChI is InChI=1S/C13H16BrClN2O.ClH/c1-8-7-17(5-4-12(8)16)13(18)10-6-9(14)2-3-11(10)15;/h2-3,6,8,12H,4-5,7,16H2,1H3;1H. The molecular formula is C13H17BrCl2N2O. The van der Waals surface area contributed by atoms with Crippen molar-refractivity contribution >= 4 is 45.8 Å². The molecule has 1 aromatic rings. The minimum Gasteiger partial charge on any atom is -0.338 e. The fourth-order valence-corrected chi connectivity index (χ4v) is 2.74. The predicted molar refractivity (Wildman–Crippen MR) is 84.1 cm³/mol. The van der Waals surface area contributed by atoms with E-state index in [1.54, 1.807) is 12.1 Å². The molecule has 1 amide bonds. The van der Waals surface area contributed by atoms with Crippen LogP contribution >= 0.6 is 39.9 Å². The Morgan fingerprint density at radius 2 is 2.21 bits per heavy atom. The molecule has 0 aromatic heterocycles. The Bertz CT molecular complexity index is 470. The Morgan fingerprint density at radius 1 is 1.53 bits per heavy atom. The summed E-state index contributed by atoms with van der Waals surface area (Å²) in [4.78, 5) is 14.2. The smallest absolute Gasteiger partial charge is 0.255 e. The van der Waals surface area contributed by atoms with E-state index in [0.29, 0.717) is 29.6 Å². The molecule has 2 rings (SSSR count). The Balaban J connectivity index is 0.00000180. The summed E-state index contributed by atoms with van der Waals surface area (Å²) >= 11 is 9.44. The molecule has 2 atom stereocenters. The second-order valence-electron chi connectivity index (χ2n) is 4.81. The molecule has 2 N–H and O–H groups in total. The monoisotopic (exact) mass is 366 g/mol. The Hall–Kier alpha value is -0.290. The molecule has 1 aromatic carbocycles. The number of halogens is 3. The topological polar surface area (TPSA) is 46.3 Å². The van der Waals surface area contributed by atoms with Gasteiger partial charge >= 0.3 is 0 Å². The second-order valence-corrected chi connectivity index (χ2v) is 6.13. The van der Waals surface area contributed by atoms with Crippen LogP contribution in [0.4, 0.5) is 0 Å². The number of hydrogen-bond acceptors (Lipinski definition) is 2. The molecular weight excluding hydrogens is 351 g/mol. The van der Waals surface area contributed by atoms with E-state index in [1.165, 1.54) is 0 Å². The van der Waals surface area contributed by atoms with Gasteiger partial charge in [0.1, 0.15) is 0 Å². The quantitative estimate of drug-likeness (QED) is 0.827.